The van der Waals surface area contributed by atoms with Crippen LogP contribution in [0, 0.1) is 5.92 Å². The van der Waals surface area contributed by atoms with Gasteiger partial charge in [0, 0.05) is 13.1 Å². The molecule has 2 rings (SSSR count). The SMILES string of the molecule is O=C(O)C1CCN(C(=O)CNS(=O)(=O)c2cccs2)C1. The number of amides is 1. The molecule has 2 heterocycles. The highest BCUT2D eigenvalue weighted by molar-refractivity contribution is 7.91. The standard InChI is InChI=1S/C11H14N2O5S2/c14-9(13-4-3-8(7-13)11(15)16)6-12-20(17,18)10-2-1-5-19-10/h1-2,5,8,12H,3-4,6-7H2,(H,15,16). The Balaban J connectivity index is 1.89. The number of likely N-dealkylation sites (tertiary alicyclic amines) is 1. The largest absolute Gasteiger partial charge is 0.481 e. The minimum atomic E-state index is -3.67. The van der Waals surface area contributed by atoms with Gasteiger partial charge in [0.1, 0.15) is 4.21 Å². The molecule has 0 saturated carbocycles. The van der Waals surface area contributed by atoms with Crippen LogP contribution in [0.15, 0.2) is 21.7 Å². The zero-order valence-electron chi connectivity index (χ0n) is 10.5. The Hall–Kier alpha value is -1.45. The first-order valence-electron chi connectivity index (χ1n) is 5.94. The van der Waals surface area contributed by atoms with Gasteiger partial charge in [-0.2, -0.15) is 0 Å². The minimum Gasteiger partial charge on any atom is -0.481 e. The molecule has 0 spiro atoms. The Morgan fingerprint density at radius 1 is 1.50 bits per heavy atom. The molecule has 1 aliphatic heterocycles. The first kappa shape index (κ1) is 14.9. The number of rotatable bonds is 5. The van der Waals surface area contributed by atoms with Crippen molar-refractivity contribution in [3.63, 3.8) is 0 Å². The summed E-state index contributed by atoms with van der Waals surface area (Å²) in [4.78, 5) is 24.0. The molecule has 9 heteroatoms. The summed E-state index contributed by atoms with van der Waals surface area (Å²) < 4.78 is 26.0. The van der Waals surface area contributed by atoms with Crippen molar-refractivity contribution in [1.82, 2.24) is 9.62 Å². The summed E-state index contributed by atoms with van der Waals surface area (Å²) in [5.74, 6) is -1.90. The Bertz CT molecular complexity index is 596. The highest BCUT2D eigenvalue weighted by Gasteiger charge is 2.31. The average Bonchev–Trinajstić information content (AvgIpc) is 3.06. The number of hydrogen-bond acceptors (Lipinski definition) is 5. The van der Waals surface area contributed by atoms with E-state index in [1.807, 2.05) is 0 Å². The lowest BCUT2D eigenvalue weighted by atomic mass is 10.1. The zero-order chi connectivity index (χ0) is 14.8. The number of hydrogen-bond donors (Lipinski definition) is 2. The van der Waals surface area contributed by atoms with Crippen molar-refractivity contribution in [2.24, 2.45) is 5.92 Å². The van der Waals surface area contributed by atoms with E-state index in [-0.39, 0.29) is 17.3 Å². The number of aliphatic carboxylic acids is 1. The van der Waals surface area contributed by atoms with E-state index < -0.39 is 27.8 Å². The molecule has 1 atom stereocenters. The summed E-state index contributed by atoms with van der Waals surface area (Å²) in [6.07, 6.45) is 0.402. The van der Waals surface area contributed by atoms with Crippen LogP contribution in [0.25, 0.3) is 0 Å². The normalized spacial score (nSPS) is 19.2. The van der Waals surface area contributed by atoms with E-state index >= 15 is 0 Å². The maximum absolute atomic E-state index is 11.8. The number of carbonyl (C=O) groups excluding carboxylic acids is 1. The molecule has 0 aromatic carbocycles. The number of carboxylic acid groups (broad SMARTS) is 1. The van der Waals surface area contributed by atoms with Gasteiger partial charge in [-0.15, -0.1) is 11.3 Å². The van der Waals surface area contributed by atoms with Crippen molar-refractivity contribution >= 4 is 33.2 Å². The van der Waals surface area contributed by atoms with E-state index in [2.05, 4.69) is 4.72 Å². The lowest BCUT2D eigenvalue weighted by molar-refractivity contribution is -0.141. The van der Waals surface area contributed by atoms with Gasteiger partial charge in [0.25, 0.3) is 10.0 Å². The molecule has 0 bridgehead atoms. The third-order valence-electron chi connectivity index (χ3n) is 3.06. The van der Waals surface area contributed by atoms with Gasteiger partial charge < -0.3 is 10.0 Å². The Labute approximate surface area is 120 Å². The molecule has 110 valence electrons. The van der Waals surface area contributed by atoms with E-state index in [0.717, 1.165) is 11.3 Å². The molecule has 1 fully saturated rings. The predicted molar refractivity (Wildman–Crippen MR) is 71.8 cm³/mol. The predicted octanol–water partition coefficient (Wildman–Crippen LogP) is -0.0405. The molecule has 20 heavy (non-hydrogen) atoms. The van der Waals surface area contributed by atoms with Crippen LogP contribution >= 0.6 is 11.3 Å². The van der Waals surface area contributed by atoms with Gasteiger partial charge in [-0.1, -0.05) is 6.07 Å². The molecule has 2 N–H and O–H groups in total. The molecule has 1 amide bonds. The minimum absolute atomic E-state index is 0.134. The van der Waals surface area contributed by atoms with E-state index in [4.69, 9.17) is 5.11 Å². The summed E-state index contributed by atoms with van der Waals surface area (Å²) in [6.45, 7) is 0.123. The molecule has 1 aromatic rings. The second-order valence-corrected chi connectivity index (χ2v) is 7.36. The van der Waals surface area contributed by atoms with E-state index in [1.165, 1.54) is 11.0 Å². The Kier molecular flexibility index (Phi) is 4.41. The lowest BCUT2D eigenvalue weighted by Gasteiger charge is -2.15. The van der Waals surface area contributed by atoms with Crippen molar-refractivity contribution in [2.45, 2.75) is 10.6 Å². The fraction of sp³-hybridized carbons (Fsp3) is 0.455. The smallest absolute Gasteiger partial charge is 0.308 e. The summed E-state index contributed by atoms with van der Waals surface area (Å²) in [7, 11) is -3.67. The van der Waals surface area contributed by atoms with E-state index in [1.54, 1.807) is 11.4 Å². The third kappa shape index (κ3) is 3.35. The fourth-order valence-corrected chi connectivity index (χ4v) is 3.96. The molecule has 1 aromatic heterocycles. The fourth-order valence-electron chi connectivity index (χ4n) is 1.94. The van der Waals surface area contributed by atoms with Gasteiger partial charge in [0.15, 0.2) is 0 Å². The first-order chi connectivity index (χ1) is 9.40. The number of nitrogens with zero attached hydrogens (tertiary/aromatic N) is 1. The second kappa shape index (κ2) is 5.90. The van der Waals surface area contributed by atoms with Gasteiger partial charge >= 0.3 is 5.97 Å². The maximum atomic E-state index is 11.8. The number of nitrogens with one attached hydrogen (secondary N) is 1. The summed E-state index contributed by atoms with van der Waals surface area (Å²) in [6, 6.07) is 3.06. The molecule has 0 radical (unpaired) electrons. The van der Waals surface area contributed by atoms with Crippen LogP contribution in [0.3, 0.4) is 0 Å². The van der Waals surface area contributed by atoms with Gasteiger partial charge in [-0.3, -0.25) is 9.59 Å². The molecule has 1 unspecified atom stereocenters. The van der Waals surface area contributed by atoms with Gasteiger partial charge in [-0.25, -0.2) is 13.1 Å². The van der Waals surface area contributed by atoms with Gasteiger partial charge in [0.2, 0.25) is 5.91 Å². The summed E-state index contributed by atoms with van der Waals surface area (Å²) >= 11 is 1.07. The van der Waals surface area contributed by atoms with Gasteiger partial charge in [-0.05, 0) is 17.9 Å². The van der Waals surface area contributed by atoms with Crippen molar-refractivity contribution in [2.75, 3.05) is 19.6 Å². The maximum Gasteiger partial charge on any atom is 0.308 e. The van der Waals surface area contributed by atoms with E-state index in [0.29, 0.717) is 13.0 Å². The lowest BCUT2D eigenvalue weighted by Crippen LogP contribution is -2.39. The van der Waals surface area contributed by atoms with E-state index in [9.17, 15) is 18.0 Å². The van der Waals surface area contributed by atoms with Crippen LogP contribution in [0.2, 0.25) is 0 Å². The third-order valence-corrected chi connectivity index (χ3v) is 5.86. The number of thiophene rings is 1. The highest BCUT2D eigenvalue weighted by atomic mass is 32.2. The summed E-state index contributed by atoms with van der Waals surface area (Å²) in [5.41, 5.74) is 0. The molecule has 1 saturated heterocycles. The van der Waals surface area contributed by atoms with Crippen molar-refractivity contribution in [3.8, 4) is 0 Å². The van der Waals surface area contributed by atoms with Crippen LogP contribution in [0.4, 0.5) is 0 Å². The van der Waals surface area contributed by atoms with Crippen LogP contribution in [-0.4, -0.2) is 49.9 Å². The quantitative estimate of drug-likeness (QED) is 0.793. The van der Waals surface area contributed by atoms with Crippen LogP contribution in [0.5, 0.6) is 0 Å². The zero-order valence-corrected chi connectivity index (χ0v) is 12.1. The Morgan fingerprint density at radius 2 is 2.25 bits per heavy atom. The van der Waals surface area contributed by atoms with Crippen LogP contribution < -0.4 is 4.72 Å². The molecule has 0 aliphatic carbocycles. The second-order valence-electron chi connectivity index (χ2n) is 4.42. The highest BCUT2D eigenvalue weighted by Crippen LogP contribution is 2.17. The molecule has 7 nitrogen and oxygen atoms in total. The number of sulfonamides is 1. The number of carbonyl (C=O) groups is 2. The van der Waals surface area contributed by atoms with Crippen LogP contribution in [-0.2, 0) is 19.6 Å². The monoisotopic (exact) mass is 318 g/mol. The number of carboxylic acids is 1. The van der Waals surface area contributed by atoms with Crippen LogP contribution in [0.1, 0.15) is 6.42 Å². The topological polar surface area (TPSA) is 104 Å². The molecular weight excluding hydrogens is 304 g/mol. The average molecular weight is 318 g/mol. The molecular formula is C11H14N2O5S2. The Morgan fingerprint density at radius 3 is 2.80 bits per heavy atom. The molecule has 1 aliphatic rings. The summed E-state index contributed by atoms with van der Waals surface area (Å²) in [5, 5.41) is 10.5. The van der Waals surface area contributed by atoms with Gasteiger partial charge in [0.05, 0.1) is 12.5 Å². The van der Waals surface area contributed by atoms with Crippen molar-refractivity contribution in [1.29, 1.82) is 0 Å². The first-order valence-corrected chi connectivity index (χ1v) is 8.30. The van der Waals surface area contributed by atoms with Crippen molar-refractivity contribution in [3.05, 3.63) is 17.5 Å². The van der Waals surface area contributed by atoms with Crippen molar-refractivity contribution < 1.29 is 23.1 Å².